The van der Waals surface area contributed by atoms with Crippen molar-refractivity contribution in [3.8, 4) is 11.6 Å². The Morgan fingerprint density at radius 2 is 2.00 bits per heavy atom. The van der Waals surface area contributed by atoms with Gasteiger partial charge in [-0.25, -0.2) is 5.06 Å². The smallest absolute Gasteiger partial charge is 0.282 e. The highest BCUT2D eigenvalue weighted by Gasteiger charge is 2.19. The van der Waals surface area contributed by atoms with Gasteiger partial charge in [-0.3, -0.25) is 9.63 Å². The molecule has 0 unspecified atom stereocenters. The van der Waals surface area contributed by atoms with Gasteiger partial charge < -0.3 is 4.74 Å². The lowest BCUT2D eigenvalue weighted by Gasteiger charge is -2.15. The Kier molecular flexibility index (Phi) is 4.27. The highest BCUT2D eigenvalue weighted by atomic mass is 16.7. The molecule has 1 amide bonds. The minimum atomic E-state index is -0.356. The quantitative estimate of drug-likeness (QED) is 0.799. The van der Waals surface area contributed by atoms with Gasteiger partial charge in [-0.1, -0.05) is 18.2 Å². The predicted octanol–water partition coefficient (Wildman–Crippen LogP) is 2.21. The normalized spacial score (nSPS) is 10.2. The van der Waals surface area contributed by atoms with Crippen molar-refractivity contribution in [2.45, 2.75) is 6.92 Å². The van der Waals surface area contributed by atoms with Crippen LogP contribution in [0.4, 0.5) is 0 Å². The molecule has 2 rings (SSSR count). The SMILES string of the molecule is CON(C)C(=O)c1ccnnc1Oc1ccccc1C. The molecule has 0 N–H and O–H groups in total. The van der Waals surface area contributed by atoms with Crippen molar-refractivity contribution in [1.29, 1.82) is 0 Å². The number of carbonyl (C=O) groups excluding carboxylic acids is 1. The van der Waals surface area contributed by atoms with Gasteiger partial charge in [0.2, 0.25) is 0 Å². The first-order valence-corrected chi connectivity index (χ1v) is 6.01. The average Bonchev–Trinajstić information content (AvgIpc) is 2.48. The number of para-hydroxylation sites is 1. The van der Waals surface area contributed by atoms with E-state index in [0.717, 1.165) is 10.6 Å². The lowest BCUT2D eigenvalue weighted by Crippen LogP contribution is -2.26. The summed E-state index contributed by atoms with van der Waals surface area (Å²) in [6.45, 7) is 1.91. The summed E-state index contributed by atoms with van der Waals surface area (Å²) in [7, 11) is 2.93. The van der Waals surface area contributed by atoms with E-state index < -0.39 is 0 Å². The Labute approximate surface area is 116 Å². The predicted molar refractivity (Wildman–Crippen MR) is 72.4 cm³/mol. The van der Waals surface area contributed by atoms with Crippen LogP contribution in [0.2, 0.25) is 0 Å². The van der Waals surface area contributed by atoms with Crippen LogP contribution < -0.4 is 4.74 Å². The number of ether oxygens (including phenoxy) is 1. The van der Waals surface area contributed by atoms with E-state index in [4.69, 9.17) is 9.57 Å². The first kappa shape index (κ1) is 14.0. The van der Waals surface area contributed by atoms with Gasteiger partial charge in [0, 0.05) is 7.05 Å². The number of aromatic nitrogens is 2. The van der Waals surface area contributed by atoms with E-state index in [9.17, 15) is 4.79 Å². The Hall–Kier alpha value is -2.47. The van der Waals surface area contributed by atoms with Crippen LogP contribution in [0.25, 0.3) is 0 Å². The highest BCUT2D eigenvalue weighted by molar-refractivity contribution is 5.95. The van der Waals surface area contributed by atoms with Gasteiger partial charge in [0.05, 0.1) is 13.3 Å². The van der Waals surface area contributed by atoms with E-state index >= 15 is 0 Å². The van der Waals surface area contributed by atoms with Crippen molar-refractivity contribution in [1.82, 2.24) is 15.3 Å². The Morgan fingerprint density at radius 3 is 2.70 bits per heavy atom. The topological polar surface area (TPSA) is 64.5 Å². The van der Waals surface area contributed by atoms with Gasteiger partial charge in [-0.05, 0) is 24.6 Å². The zero-order valence-electron chi connectivity index (χ0n) is 11.5. The number of hydrogen-bond acceptors (Lipinski definition) is 5. The maximum atomic E-state index is 12.1. The largest absolute Gasteiger partial charge is 0.437 e. The molecule has 6 heteroatoms. The molecule has 0 spiro atoms. The lowest BCUT2D eigenvalue weighted by atomic mass is 10.2. The fraction of sp³-hybridized carbons (Fsp3) is 0.214. The van der Waals surface area contributed by atoms with Crippen LogP contribution in [-0.4, -0.2) is 35.3 Å². The summed E-state index contributed by atoms with van der Waals surface area (Å²) in [5, 5.41) is 8.73. The van der Waals surface area contributed by atoms with Gasteiger partial charge in [-0.2, -0.15) is 5.10 Å². The minimum Gasteiger partial charge on any atom is -0.437 e. The van der Waals surface area contributed by atoms with Crippen LogP contribution in [0.15, 0.2) is 36.5 Å². The van der Waals surface area contributed by atoms with Crippen molar-refractivity contribution < 1.29 is 14.4 Å². The van der Waals surface area contributed by atoms with E-state index in [0.29, 0.717) is 5.75 Å². The van der Waals surface area contributed by atoms with Crippen molar-refractivity contribution in [3.05, 3.63) is 47.7 Å². The van der Waals surface area contributed by atoms with Gasteiger partial charge in [0.1, 0.15) is 11.3 Å². The van der Waals surface area contributed by atoms with Gasteiger partial charge >= 0.3 is 0 Å². The van der Waals surface area contributed by atoms with Crippen molar-refractivity contribution in [2.24, 2.45) is 0 Å². The summed E-state index contributed by atoms with van der Waals surface area (Å²) >= 11 is 0. The van der Waals surface area contributed by atoms with Gasteiger partial charge in [-0.15, -0.1) is 5.10 Å². The van der Waals surface area contributed by atoms with E-state index in [1.165, 1.54) is 20.4 Å². The molecule has 0 aliphatic rings. The second-order valence-corrected chi connectivity index (χ2v) is 4.10. The molecule has 104 valence electrons. The van der Waals surface area contributed by atoms with E-state index in [1.807, 2.05) is 25.1 Å². The van der Waals surface area contributed by atoms with Crippen molar-refractivity contribution in [2.75, 3.05) is 14.2 Å². The monoisotopic (exact) mass is 273 g/mol. The highest BCUT2D eigenvalue weighted by Crippen LogP contribution is 2.25. The second-order valence-electron chi connectivity index (χ2n) is 4.10. The molecule has 1 aromatic heterocycles. The fourth-order valence-electron chi connectivity index (χ4n) is 1.58. The molecule has 0 saturated carbocycles. The van der Waals surface area contributed by atoms with E-state index in [2.05, 4.69) is 10.2 Å². The molecule has 6 nitrogen and oxygen atoms in total. The number of amides is 1. The van der Waals surface area contributed by atoms with Crippen molar-refractivity contribution >= 4 is 5.91 Å². The molecule has 1 aromatic carbocycles. The first-order chi connectivity index (χ1) is 9.63. The third kappa shape index (κ3) is 2.92. The third-order valence-electron chi connectivity index (χ3n) is 2.78. The summed E-state index contributed by atoms with van der Waals surface area (Å²) < 4.78 is 5.68. The number of carbonyl (C=O) groups is 1. The summed E-state index contributed by atoms with van der Waals surface area (Å²) in [4.78, 5) is 17.0. The second kappa shape index (κ2) is 6.12. The molecule has 0 aliphatic heterocycles. The summed E-state index contributed by atoms with van der Waals surface area (Å²) in [6.07, 6.45) is 1.43. The van der Waals surface area contributed by atoms with Crippen molar-refractivity contribution in [3.63, 3.8) is 0 Å². The first-order valence-electron chi connectivity index (χ1n) is 6.01. The molecule has 0 atom stereocenters. The molecule has 0 radical (unpaired) electrons. The van der Waals surface area contributed by atoms with Crippen LogP contribution in [0.5, 0.6) is 11.6 Å². The molecule has 0 saturated heterocycles. The lowest BCUT2D eigenvalue weighted by molar-refractivity contribution is -0.0758. The summed E-state index contributed by atoms with van der Waals surface area (Å²) in [5.74, 6) is 0.420. The van der Waals surface area contributed by atoms with Gasteiger partial charge in [0.25, 0.3) is 11.8 Å². The van der Waals surface area contributed by atoms with Gasteiger partial charge in [0.15, 0.2) is 0 Å². The maximum Gasteiger partial charge on any atom is 0.282 e. The molecular weight excluding hydrogens is 258 g/mol. The Bertz CT molecular complexity index is 616. The van der Waals surface area contributed by atoms with E-state index in [-0.39, 0.29) is 17.4 Å². The molecule has 20 heavy (non-hydrogen) atoms. The zero-order valence-corrected chi connectivity index (χ0v) is 11.5. The Morgan fingerprint density at radius 1 is 1.25 bits per heavy atom. The summed E-state index contributed by atoms with van der Waals surface area (Å²) in [5.41, 5.74) is 1.23. The van der Waals surface area contributed by atoms with E-state index in [1.54, 1.807) is 12.1 Å². The van der Waals surface area contributed by atoms with Crippen LogP contribution in [0.1, 0.15) is 15.9 Å². The van der Waals surface area contributed by atoms with Crippen LogP contribution in [-0.2, 0) is 4.84 Å². The third-order valence-corrected chi connectivity index (χ3v) is 2.78. The maximum absolute atomic E-state index is 12.1. The molecule has 0 bridgehead atoms. The fourth-order valence-corrected chi connectivity index (χ4v) is 1.58. The number of hydroxylamine groups is 2. The van der Waals surface area contributed by atoms with Crippen LogP contribution >= 0.6 is 0 Å². The molecular formula is C14H15N3O3. The molecule has 1 heterocycles. The average molecular weight is 273 g/mol. The molecule has 0 fully saturated rings. The molecule has 2 aromatic rings. The van der Waals surface area contributed by atoms with Crippen LogP contribution in [0, 0.1) is 6.92 Å². The molecule has 0 aliphatic carbocycles. The summed E-state index contributed by atoms with van der Waals surface area (Å²) in [6, 6.07) is 9.01. The number of hydrogen-bond donors (Lipinski definition) is 0. The Balaban J connectivity index is 2.34. The number of benzene rings is 1. The van der Waals surface area contributed by atoms with Crippen LogP contribution in [0.3, 0.4) is 0 Å². The zero-order chi connectivity index (χ0) is 14.5. The number of rotatable bonds is 4. The minimum absolute atomic E-state index is 0.149. The number of aryl methyl sites for hydroxylation is 1. The standard InChI is InChI=1S/C14H15N3O3/c1-10-6-4-5-7-12(10)20-13-11(8-9-15-16-13)14(18)17(2)19-3/h4-9H,1-3H3. The number of nitrogens with zero attached hydrogens (tertiary/aromatic N) is 3.